The summed E-state index contributed by atoms with van der Waals surface area (Å²) in [6.07, 6.45) is 1.91. The highest BCUT2D eigenvalue weighted by Crippen LogP contribution is 2.21. The third-order valence-corrected chi connectivity index (χ3v) is 3.35. The summed E-state index contributed by atoms with van der Waals surface area (Å²) in [4.78, 5) is 0.0185. The average molecular weight is 273 g/mol. The lowest BCUT2D eigenvalue weighted by molar-refractivity contribution is 0.194. The Balaban J connectivity index is 2.58. The van der Waals surface area contributed by atoms with Crippen LogP contribution in [0.3, 0.4) is 0 Å². The number of ether oxygens (including phenoxy) is 1. The number of sulfonamides is 1. The molecule has 1 aromatic carbocycles. The third kappa shape index (κ3) is 4.52. The predicted molar refractivity (Wildman–Crippen MR) is 71.8 cm³/mol. The van der Waals surface area contributed by atoms with Gasteiger partial charge in [0.2, 0.25) is 10.0 Å². The van der Waals surface area contributed by atoms with Gasteiger partial charge in [-0.15, -0.1) is 0 Å². The van der Waals surface area contributed by atoms with E-state index in [1.165, 1.54) is 12.1 Å². The molecule has 5 N–H and O–H groups in total. The number of nitrogens with two attached hydrogens (primary N) is 2. The van der Waals surface area contributed by atoms with E-state index in [9.17, 15) is 8.42 Å². The van der Waals surface area contributed by atoms with Crippen molar-refractivity contribution in [1.29, 1.82) is 0 Å². The number of primary sulfonamides is 1. The van der Waals surface area contributed by atoms with Crippen LogP contribution < -0.4 is 16.2 Å². The zero-order valence-electron chi connectivity index (χ0n) is 10.3. The fraction of sp³-hybridized carbons (Fsp3) is 0.455. The maximum Gasteiger partial charge on any atom is 0.238 e. The highest BCUT2D eigenvalue weighted by Gasteiger charge is 2.09. The molecule has 0 spiro atoms. The molecular formula is C11H19N3O3S. The molecule has 0 heterocycles. The summed E-state index contributed by atoms with van der Waals surface area (Å²) >= 11 is 0. The van der Waals surface area contributed by atoms with Gasteiger partial charge in [0.25, 0.3) is 0 Å². The molecule has 0 amide bonds. The van der Waals surface area contributed by atoms with Gasteiger partial charge in [-0.25, -0.2) is 13.6 Å². The van der Waals surface area contributed by atoms with Crippen LogP contribution in [0.5, 0.6) is 0 Å². The quantitative estimate of drug-likeness (QED) is 0.502. The van der Waals surface area contributed by atoms with Gasteiger partial charge in [0, 0.05) is 20.3 Å². The second-order valence-corrected chi connectivity index (χ2v) is 5.48. The lowest BCUT2D eigenvalue weighted by Crippen LogP contribution is -2.13. The van der Waals surface area contributed by atoms with Gasteiger partial charge >= 0.3 is 0 Å². The molecule has 0 saturated carbocycles. The van der Waals surface area contributed by atoms with Crippen LogP contribution in [0, 0.1) is 0 Å². The minimum Gasteiger partial charge on any atom is -0.397 e. The second kappa shape index (κ2) is 6.58. The number of rotatable bonds is 7. The van der Waals surface area contributed by atoms with Crippen molar-refractivity contribution in [1.82, 2.24) is 0 Å². The second-order valence-electron chi connectivity index (χ2n) is 3.92. The molecule has 7 heteroatoms. The van der Waals surface area contributed by atoms with Gasteiger partial charge in [-0.05, 0) is 31.0 Å². The number of anilines is 2. The molecule has 0 saturated heterocycles. The van der Waals surface area contributed by atoms with Crippen LogP contribution in [0.2, 0.25) is 0 Å². The zero-order chi connectivity index (χ0) is 13.6. The molecule has 1 rings (SSSR count). The molecule has 0 aliphatic rings. The molecular weight excluding hydrogens is 254 g/mol. The van der Waals surface area contributed by atoms with Crippen molar-refractivity contribution in [2.75, 3.05) is 31.3 Å². The molecule has 0 aliphatic carbocycles. The van der Waals surface area contributed by atoms with Gasteiger partial charge in [0.1, 0.15) is 0 Å². The summed E-state index contributed by atoms with van der Waals surface area (Å²) < 4.78 is 27.2. The Hall–Kier alpha value is -1.31. The Labute approximate surface area is 107 Å². The summed E-state index contributed by atoms with van der Waals surface area (Å²) in [5, 5.41) is 8.15. The molecule has 0 atom stereocenters. The summed E-state index contributed by atoms with van der Waals surface area (Å²) in [5.74, 6) is 0. The van der Waals surface area contributed by atoms with Crippen LogP contribution >= 0.6 is 0 Å². The largest absolute Gasteiger partial charge is 0.397 e. The molecule has 0 aromatic heterocycles. The minimum atomic E-state index is -3.70. The molecule has 18 heavy (non-hydrogen) atoms. The first-order valence-electron chi connectivity index (χ1n) is 5.60. The molecule has 0 radical (unpaired) electrons. The molecule has 0 aliphatic heterocycles. The first kappa shape index (κ1) is 14.7. The Kier molecular flexibility index (Phi) is 5.39. The Morgan fingerprint density at radius 2 is 2.06 bits per heavy atom. The van der Waals surface area contributed by atoms with E-state index in [4.69, 9.17) is 15.6 Å². The maximum absolute atomic E-state index is 11.1. The number of nitrogens with one attached hydrogen (secondary N) is 1. The Morgan fingerprint density at radius 1 is 1.33 bits per heavy atom. The van der Waals surface area contributed by atoms with Crippen molar-refractivity contribution in [2.45, 2.75) is 17.7 Å². The fourth-order valence-electron chi connectivity index (χ4n) is 1.47. The first-order valence-corrected chi connectivity index (χ1v) is 7.15. The molecule has 102 valence electrons. The van der Waals surface area contributed by atoms with Crippen LogP contribution in [0.25, 0.3) is 0 Å². The van der Waals surface area contributed by atoms with Gasteiger partial charge in [-0.1, -0.05) is 0 Å². The Morgan fingerprint density at radius 3 is 2.61 bits per heavy atom. The van der Waals surface area contributed by atoms with Crippen molar-refractivity contribution in [3.05, 3.63) is 18.2 Å². The Bertz CT molecular complexity index is 488. The predicted octanol–water partition coefficient (Wildman–Crippen LogP) is 0.755. The number of benzene rings is 1. The SMILES string of the molecule is COCCCCNc1ccc(S(N)(=O)=O)cc1N. The summed E-state index contributed by atoms with van der Waals surface area (Å²) in [7, 11) is -2.03. The van der Waals surface area contributed by atoms with Crippen LogP contribution in [0.15, 0.2) is 23.1 Å². The molecule has 0 fully saturated rings. The first-order chi connectivity index (χ1) is 8.45. The lowest BCUT2D eigenvalue weighted by atomic mass is 10.2. The number of hydrogen-bond donors (Lipinski definition) is 3. The monoisotopic (exact) mass is 273 g/mol. The maximum atomic E-state index is 11.1. The van der Waals surface area contributed by atoms with Gasteiger partial charge in [0.15, 0.2) is 0 Å². The molecule has 0 unspecified atom stereocenters. The third-order valence-electron chi connectivity index (χ3n) is 2.44. The highest BCUT2D eigenvalue weighted by molar-refractivity contribution is 7.89. The number of nitrogen functional groups attached to an aromatic ring is 1. The van der Waals surface area contributed by atoms with Crippen molar-refractivity contribution in [3.8, 4) is 0 Å². The number of methoxy groups -OCH3 is 1. The number of unbranched alkanes of at least 4 members (excludes halogenated alkanes) is 1. The lowest BCUT2D eigenvalue weighted by Gasteiger charge is -2.10. The van der Waals surface area contributed by atoms with E-state index in [0.717, 1.165) is 26.0 Å². The van der Waals surface area contributed by atoms with E-state index >= 15 is 0 Å². The number of hydrogen-bond acceptors (Lipinski definition) is 5. The topological polar surface area (TPSA) is 107 Å². The minimum absolute atomic E-state index is 0.0185. The van der Waals surface area contributed by atoms with Crippen molar-refractivity contribution in [2.24, 2.45) is 5.14 Å². The zero-order valence-corrected chi connectivity index (χ0v) is 11.2. The van der Waals surface area contributed by atoms with E-state index in [2.05, 4.69) is 5.32 Å². The van der Waals surface area contributed by atoms with Crippen LogP contribution in [0.4, 0.5) is 11.4 Å². The van der Waals surface area contributed by atoms with Crippen LogP contribution in [-0.2, 0) is 14.8 Å². The summed E-state index contributed by atoms with van der Waals surface area (Å²) in [5.41, 5.74) is 6.83. The average Bonchev–Trinajstić information content (AvgIpc) is 2.29. The molecule has 6 nitrogen and oxygen atoms in total. The van der Waals surface area contributed by atoms with Gasteiger partial charge in [0.05, 0.1) is 16.3 Å². The van der Waals surface area contributed by atoms with E-state index < -0.39 is 10.0 Å². The van der Waals surface area contributed by atoms with Gasteiger partial charge in [-0.3, -0.25) is 0 Å². The smallest absolute Gasteiger partial charge is 0.238 e. The normalized spacial score (nSPS) is 11.4. The molecule has 1 aromatic rings. The van der Waals surface area contributed by atoms with Crippen LogP contribution in [-0.4, -0.2) is 28.7 Å². The van der Waals surface area contributed by atoms with E-state index in [1.807, 2.05) is 0 Å². The van der Waals surface area contributed by atoms with Gasteiger partial charge in [-0.2, -0.15) is 0 Å². The van der Waals surface area contributed by atoms with Gasteiger partial charge < -0.3 is 15.8 Å². The van der Waals surface area contributed by atoms with E-state index in [-0.39, 0.29) is 4.90 Å². The van der Waals surface area contributed by atoms with E-state index in [1.54, 1.807) is 13.2 Å². The fourth-order valence-corrected chi connectivity index (χ4v) is 2.02. The highest BCUT2D eigenvalue weighted by atomic mass is 32.2. The molecule has 0 bridgehead atoms. The summed E-state index contributed by atoms with van der Waals surface area (Å²) in [6, 6.07) is 4.40. The van der Waals surface area contributed by atoms with Crippen molar-refractivity contribution >= 4 is 21.4 Å². The summed E-state index contributed by atoms with van der Waals surface area (Å²) in [6.45, 7) is 1.48. The van der Waals surface area contributed by atoms with E-state index in [0.29, 0.717) is 11.4 Å². The van der Waals surface area contributed by atoms with Crippen molar-refractivity contribution in [3.63, 3.8) is 0 Å². The van der Waals surface area contributed by atoms with Crippen molar-refractivity contribution < 1.29 is 13.2 Å². The van der Waals surface area contributed by atoms with Crippen LogP contribution in [0.1, 0.15) is 12.8 Å². The standard InChI is InChI=1S/C11H19N3O3S/c1-17-7-3-2-6-14-11-5-4-9(8-10(11)12)18(13,15)16/h4-5,8,14H,2-3,6-7,12H2,1H3,(H2,13,15,16).